The van der Waals surface area contributed by atoms with Gasteiger partial charge in [-0.25, -0.2) is 12.7 Å². The Balaban J connectivity index is 2.11. The van der Waals surface area contributed by atoms with E-state index in [2.05, 4.69) is 5.32 Å². The molecular formula is C13H19N3O4S. The summed E-state index contributed by atoms with van der Waals surface area (Å²) in [6.45, 7) is 1.30. The molecule has 8 heteroatoms. The SMILES string of the molecule is CN(CC1CCCN1)S(=O)(=O)Cc1ccccc1[N+](=O)[O-]. The Kier molecular flexibility index (Phi) is 4.92. The third-order valence-corrected chi connectivity index (χ3v) is 5.42. The Morgan fingerprint density at radius 2 is 2.14 bits per heavy atom. The molecule has 1 heterocycles. The van der Waals surface area contributed by atoms with Crippen molar-refractivity contribution in [2.45, 2.75) is 24.6 Å². The molecule has 1 fully saturated rings. The lowest BCUT2D eigenvalue weighted by molar-refractivity contribution is -0.385. The highest BCUT2D eigenvalue weighted by molar-refractivity contribution is 7.88. The molecular weight excluding hydrogens is 294 g/mol. The molecule has 1 aromatic rings. The van der Waals surface area contributed by atoms with Crippen molar-refractivity contribution in [3.8, 4) is 0 Å². The standard InChI is InChI=1S/C13H19N3O4S/c1-15(9-12-6-4-8-14-12)21(19,20)10-11-5-2-3-7-13(11)16(17)18/h2-3,5,7,12,14H,4,6,8-10H2,1H3. The molecule has 7 nitrogen and oxygen atoms in total. The Labute approximate surface area is 124 Å². The first kappa shape index (κ1) is 15.9. The van der Waals surface area contributed by atoms with Crippen LogP contribution in [0.5, 0.6) is 0 Å². The van der Waals surface area contributed by atoms with Gasteiger partial charge in [-0.1, -0.05) is 18.2 Å². The predicted molar refractivity (Wildman–Crippen MR) is 79.4 cm³/mol. The largest absolute Gasteiger partial charge is 0.313 e. The number of hydrogen-bond donors (Lipinski definition) is 1. The van der Waals surface area contributed by atoms with E-state index in [-0.39, 0.29) is 23.0 Å². The average Bonchev–Trinajstić information content (AvgIpc) is 2.91. The zero-order valence-corrected chi connectivity index (χ0v) is 12.7. The summed E-state index contributed by atoms with van der Waals surface area (Å²) in [7, 11) is -2.05. The second kappa shape index (κ2) is 6.50. The van der Waals surface area contributed by atoms with Crippen molar-refractivity contribution in [3.63, 3.8) is 0 Å². The second-order valence-electron chi connectivity index (χ2n) is 5.22. The molecule has 1 saturated heterocycles. The first-order valence-electron chi connectivity index (χ1n) is 6.80. The summed E-state index contributed by atoms with van der Waals surface area (Å²) < 4.78 is 26.0. The molecule has 1 unspecified atom stereocenters. The molecule has 2 rings (SSSR count). The monoisotopic (exact) mass is 313 g/mol. The van der Waals surface area contributed by atoms with Gasteiger partial charge in [0.1, 0.15) is 0 Å². The third-order valence-electron chi connectivity index (χ3n) is 3.64. The molecule has 1 aromatic carbocycles. The van der Waals surface area contributed by atoms with E-state index in [0.717, 1.165) is 19.4 Å². The van der Waals surface area contributed by atoms with Crippen LogP contribution in [0.3, 0.4) is 0 Å². The summed E-state index contributed by atoms with van der Waals surface area (Å²) in [4.78, 5) is 10.4. The van der Waals surface area contributed by atoms with Crippen LogP contribution in [0.1, 0.15) is 18.4 Å². The average molecular weight is 313 g/mol. The van der Waals surface area contributed by atoms with Crippen molar-refractivity contribution in [2.24, 2.45) is 0 Å². The number of benzene rings is 1. The van der Waals surface area contributed by atoms with Gasteiger partial charge in [0, 0.05) is 31.3 Å². The van der Waals surface area contributed by atoms with E-state index < -0.39 is 14.9 Å². The van der Waals surface area contributed by atoms with E-state index in [1.165, 1.54) is 29.6 Å². The predicted octanol–water partition coefficient (Wildman–Crippen LogP) is 1.11. The van der Waals surface area contributed by atoms with Crippen molar-refractivity contribution >= 4 is 15.7 Å². The normalized spacial score (nSPS) is 19.0. The summed E-state index contributed by atoms with van der Waals surface area (Å²) in [6.07, 6.45) is 1.99. The zero-order chi connectivity index (χ0) is 15.5. The van der Waals surface area contributed by atoms with Crippen LogP contribution in [-0.2, 0) is 15.8 Å². The number of rotatable bonds is 6. The molecule has 0 radical (unpaired) electrons. The van der Waals surface area contributed by atoms with Crippen LogP contribution in [0.25, 0.3) is 0 Å². The fourth-order valence-electron chi connectivity index (χ4n) is 2.45. The number of nitrogens with one attached hydrogen (secondary N) is 1. The van der Waals surface area contributed by atoms with Gasteiger partial charge in [0.25, 0.3) is 5.69 Å². The summed E-state index contributed by atoms with van der Waals surface area (Å²) in [6, 6.07) is 6.10. The van der Waals surface area contributed by atoms with Gasteiger partial charge in [-0.05, 0) is 19.4 Å². The van der Waals surface area contributed by atoms with Crippen molar-refractivity contribution in [1.82, 2.24) is 9.62 Å². The number of likely N-dealkylation sites (N-methyl/N-ethyl adjacent to an activating group) is 1. The van der Waals surface area contributed by atoms with Gasteiger partial charge in [0.2, 0.25) is 10.0 Å². The van der Waals surface area contributed by atoms with Gasteiger partial charge in [-0.2, -0.15) is 0 Å². The van der Waals surface area contributed by atoms with Gasteiger partial charge in [-0.15, -0.1) is 0 Å². The first-order chi connectivity index (χ1) is 9.90. The topological polar surface area (TPSA) is 92.6 Å². The number of hydrogen-bond acceptors (Lipinski definition) is 5. The minimum absolute atomic E-state index is 0.159. The molecule has 0 bridgehead atoms. The summed E-state index contributed by atoms with van der Waals surface area (Å²) in [5.74, 6) is -0.354. The van der Waals surface area contributed by atoms with E-state index in [0.29, 0.717) is 6.54 Å². The minimum atomic E-state index is -3.57. The minimum Gasteiger partial charge on any atom is -0.313 e. The van der Waals surface area contributed by atoms with Crippen LogP contribution in [-0.4, -0.2) is 43.8 Å². The van der Waals surface area contributed by atoms with Gasteiger partial charge in [0.15, 0.2) is 0 Å². The lowest BCUT2D eigenvalue weighted by Gasteiger charge is -2.21. The third kappa shape index (κ3) is 3.99. The Bertz CT molecular complexity index is 612. The van der Waals surface area contributed by atoms with Crippen LogP contribution in [0, 0.1) is 10.1 Å². The van der Waals surface area contributed by atoms with E-state index in [1.54, 1.807) is 6.07 Å². The number of nitrogens with zero attached hydrogens (tertiary/aromatic N) is 2. The van der Waals surface area contributed by atoms with Crippen molar-refractivity contribution in [1.29, 1.82) is 0 Å². The van der Waals surface area contributed by atoms with Crippen LogP contribution in [0.2, 0.25) is 0 Å². The number of para-hydroxylation sites is 1. The van der Waals surface area contributed by atoms with Crippen LogP contribution in [0.4, 0.5) is 5.69 Å². The highest BCUT2D eigenvalue weighted by Gasteiger charge is 2.26. The van der Waals surface area contributed by atoms with Gasteiger partial charge < -0.3 is 5.32 Å². The van der Waals surface area contributed by atoms with Gasteiger partial charge in [-0.3, -0.25) is 10.1 Å². The molecule has 0 saturated carbocycles. The second-order valence-corrected chi connectivity index (χ2v) is 7.29. The molecule has 0 aromatic heterocycles. The van der Waals surface area contributed by atoms with Crippen molar-refractivity contribution < 1.29 is 13.3 Å². The highest BCUT2D eigenvalue weighted by Crippen LogP contribution is 2.21. The summed E-state index contributed by atoms with van der Waals surface area (Å²) in [5, 5.41) is 14.2. The molecule has 0 amide bonds. The van der Waals surface area contributed by atoms with Crippen molar-refractivity contribution in [3.05, 3.63) is 39.9 Å². The van der Waals surface area contributed by atoms with Gasteiger partial charge >= 0.3 is 0 Å². The van der Waals surface area contributed by atoms with E-state index in [4.69, 9.17) is 0 Å². The lowest BCUT2D eigenvalue weighted by Crippen LogP contribution is -2.39. The summed E-state index contributed by atoms with van der Waals surface area (Å²) in [5.41, 5.74) is 0.0576. The van der Waals surface area contributed by atoms with E-state index >= 15 is 0 Å². The fourth-order valence-corrected chi connectivity index (χ4v) is 3.72. The fraction of sp³-hybridized carbons (Fsp3) is 0.538. The molecule has 21 heavy (non-hydrogen) atoms. The molecule has 0 spiro atoms. The number of sulfonamides is 1. The molecule has 1 atom stereocenters. The van der Waals surface area contributed by atoms with E-state index in [9.17, 15) is 18.5 Å². The summed E-state index contributed by atoms with van der Waals surface area (Å²) >= 11 is 0. The maximum absolute atomic E-state index is 12.3. The molecule has 116 valence electrons. The number of nitro groups is 1. The number of nitro benzene ring substituents is 1. The molecule has 1 aliphatic rings. The van der Waals surface area contributed by atoms with Crippen molar-refractivity contribution in [2.75, 3.05) is 20.1 Å². The van der Waals surface area contributed by atoms with Crippen LogP contribution < -0.4 is 5.32 Å². The Morgan fingerprint density at radius 3 is 2.76 bits per heavy atom. The molecule has 1 N–H and O–H groups in total. The molecule has 1 aliphatic heterocycles. The maximum Gasteiger partial charge on any atom is 0.273 e. The van der Waals surface area contributed by atoms with Crippen LogP contribution >= 0.6 is 0 Å². The Morgan fingerprint density at radius 1 is 1.43 bits per heavy atom. The maximum atomic E-state index is 12.3. The zero-order valence-electron chi connectivity index (χ0n) is 11.9. The highest BCUT2D eigenvalue weighted by atomic mass is 32.2. The van der Waals surface area contributed by atoms with E-state index in [1.807, 2.05) is 0 Å². The Hall–Kier alpha value is -1.51. The lowest BCUT2D eigenvalue weighted by atomic mass is 10.2. The molecule has 0 aliphatic carbocycles. The van der Waals surface area contributed by atoms with Crippen LogP contribution in [0.15, 0.2) is 24.3 Å². The van der Waals surface area contributed by atoms with Gasteiger partial charge in [0.05, 0.1) is 10.7 Å². The smallest absolute Gasteiger partial charge is 0.273 e. The quantitative estimate of drug-likeness (QED) is 0.627. The first-order valence-corrected chi connectivity index (χ1v) is 8.41.